The molecule has 6 aromatic rings. The minimum Gasteiger partial charge on any atom is -0.276 e. The van der Waals surface area contributed by atoms with Crippen LogP contribution in [-0.2, 0) is 0 Å². The summed E-state index contributed by atoms with van der Waals surface area (Å²) in [7, 11) is 0. The third-order valence-electron chi connectivity index (χ3n) is 6.17. The van der Waals surface area contributed by atoms with Gasteiger partial charge in [-0.15, -0.1) is 23.1 Å². The van der Waals surface area contributed by atoms with Crippen molar-refractivity contribution in [3.63, 3.8) is 0 Å². The molecule has 0 bridgehead atoms. The molecule has 0 aliphatic rings. The van der Waals surface area contributed by atoms with Crippen molar-refractivity contribution < 1.29 is 0 Å². The van der Waals surface area contributed by atoms with Crippen LogP contribution in [-0.4, -0.2) is 25.3 Å². The van der Waals surface area contributed by atoms with Crippen molar-refractivity contribution in [2.24, 2.45) is 0 Å². The van der Waals surface area contributed by atoms with E-state index in [1.54, 1.807) is 11.3 Å². The summed E-state index contributed by atoms with van der Waals surface area (Å²) >= 11 is 3.59. The van der Waals surface area contributed by atoms with E-state index in [2.05, 4.69) is 49.3 Å². The molecule has 3 heterocycles. The summed E-state index contributed by atoms with van der Waals surface area (Å²) in [5.41, 5.74) is 4.12. The van der Waals surface area contributed by atoms with Gasteiger partial charge in [-0.3, -0.25) is 4.57 Å². The maximum Gasteiger partial charge on any atom is 0.238 e. The van der Waals surface area contributed by atoms with E-state index in [0.717, 1.165) is 32.4 Å². The smallest absolute Gasteiger partial charge is 0.238 e. The summed E-state index contributed by atoms with van der Waals surface area (Å²) in [5.74, 6) is 2.92. The summed E-state index contributed by atoms with van der Waals surface area (Å²) in [6.07, 6.45) is 0. The summed E-state index contributed by atoms with van der Waals surface area (Å²) in [6.45, 7) is 8.79. The van der Waals surface area contributed by atoms with E-state index in [-0.39, 0.29) is 0 Å². The Bertz CT molecular complexity index is 1760. The summed E-state index contributed by atoms with van der Waals surface area (Å²) < 4.78 is 4.48. The lowest BCUT2D eigenvalue weighted by molar-refractivity contribution is 0.952. The van der Waals surface area contributed by atoms with Gasteiger partial charge in [-0.2, -0.15) is 9.97 Å². The van der Waals surface area contributed by atoms with Crippen LogP contribution in [0.25, 0.3) is 61.3 Å². The maximum absolute atomic E-state index is 5.04. The molecule has 6 rings (SSSR count). The lowest BCUT2D eigenvalue weighted by Crippen LogP contribution is -2.21. The first-order chi connectivity index (χ1) is 17.7. The number of hydrogen-bond acceptors (Lipinski definition) is 5. The van der Waals surface area contributed by atoms with Crippen LogP contribution in [0.1, 0.15) is 13.8 Å². The Kier molecular flexibility index (Phi) is 5.91. The van der Waals surface area contributed by atoms with Gasteiger partial charge in [0.05, 0.1) is 15.7 Å². The Labute approximate surface area is 217 Å². The Morgan fingerprint density at radius 3 is 2.03 bits per heavy atom. The van der Waals surface area contributed by atoms with E-state index < -0.39 is 0 Å². The van der Waals surface area contributed by atoms with E-state index in [4.69, 9.17) is 15.0 Å². The first-order valence-corrected chi connectivity index (χ1v) is 13.7. The SMILES string of the molecule is C=c1sc2c3ccccc3n(-c3nc(-c4ccccc4)nc(-c4ccccc4)n3)c2/c1=C(/C)SCC. The second-order valence-electron chi connectivity index (χ2n) is 8.43. The van der Waals surface area contributed by atoms with E-state index in [1.807, 2.05) is 72.4 Å². The molecule has 0 atom stereocenters. The van der Waals surface area contributed by atoms with Crippen molar-refractivity contribution >= 4 is 55.7 Å². The molecule has 0 aliphatic heterocycles. The third-order valence-corrected chi connectivity index (χ3v) is 8.16. The van der Waals surface area contributed by atoms with Crippen molar-refractivity contribution in [1.29, 1.82) is 0 Å². The quantitative estimate of drug-likeness (QED) is 0.263. The molecule has 0 N–H and O–H groups in total. The number of aromatic nitrogens is 4. The highest BCUT2D eigenvalue weighted by molar-refractivity contribution is 8.07. The van der Waals surface area contributed by atoms with Crippen LogP contribution in [0.15, 0.2) is 84.9 Å². The molecular formula is C30H24N4S2. The van der Waals surface area contributed by atoms with Gasteiger partial charge in [0.2, 0.25) is 5.95 Å². The highest BCUT2D eigenvalue weighted by Gasteiger charge is 2.20. The number of fused-ring (bicyclic) bond motifs is 3. The number of thioether (sulfide) groups is 1. The zero-order chi connectivity index (χ0) is 24.6. The standard InChI is InChI=1S/C30H24N4S2/c1-4-35-19(2)25-20(3)36-27-23-17-11-12-18-24(23)34(26(25)27)30-32-28(21-13-7-5-8-14-21)31-29(33-30)22-15-9-6-10-16-22/h5-18H,3-4H2,1-2H3/b25-19-. The van der Waals surface area contributed by atoms with Gasteiger partial charge in [0.1, 0.15) is 0 Å². The molecule has 0 unspecified atom stereocenters. The van der Waals surface area contributed by atoms with Crippen molar-refractivity contribution in [2.45, 2.75) is 13.8 Å². The molecule has 0 saturated carbocycles. The van der Waals surface area contributed by atoms with Crippen LogP contribution in [0.5, 0.6) is 0 Å². The number of para-hydroxylation sites is 1. The third kappa shape index (κ3) is 3.83. The predicted octanol–water partition coefficient (Wildman–Crippen LogP) is 6.66. The van der Waals surface area contributed by atoms with Crippen LogP contribution < -0.4 is 9.75 Å². The normalized spacial score (nSPS) is 12.4. The zero-order valence-corrected chi connectivity index (χ0v) is 21.7. The fourth-order valence-corrected chi connectivity index (χ4v) is 6.63. The average molecular weight is 505 g/mol. The van der Waals surface area contributed by atoms with Crippen molar-refractivity contribution in [3.8, 4) is 28.7 Å². The van der Waals surface area contributed by atoms with Gasteiger partial charge in [0.15, 0.2) is 11.6 Å². The van der Waals surface area contributed by atoms with Gasteiger partial charge < -0.3 is 0 Å². The Morgan fingerprint density at radius 1 is 0.833 bits per heavy atom. The van der Waals surface area contributed by atoms with Gasteiger partial charge in [0.25, 0.3) is 0 Å². The average Bonchev–Trinajstić information content (AvgIpc) is 3.42. The van der Waals surface area contributed by atoms with Crippen molar-refractivity contribution in [3.05, 3.63) is 94.7 Å². The number of nitrogens with zero attached hydrogens (tertiary/aromatic N) is 4. The largest absolute Gasteiger partial charge is 0.276 e. The fraction of sp³-hybridized carbons (Fsp3) is 0.100. The van der Waals surface area contributed by atoms with Gasteiger partial charge in [-0.25, -0.2) is 4.98 Å². The lowest BCUT2D eigenvalue weighted by atomic mass is 10.2. The molecular weight excluding hydrogens is 480 g/mol. The molecule has 3 aromatic heterocycles. The molecule has 0 fully saturated rings. The van der Waals surface area contributed by atoms with Gasteiger partial charge in [0, 0.05) is 26.3 Å². The Balaban J connectivity index is 1.75. The van der Waals surface area contributed by atoms with E-state index in [0.29, 0.717) is 17.6 Å². The maximum atomic E-state index is 5.04. The minimum atomic E-state index is 0.613. The minimum absolute atomic E-state index is 0.613. The molecule has 0 amide bonds. The first-order valence-electron chi connectivity index (χ1n) is 11.9. The molecule has 176 valence electrons. The molecule has 4 nitrogen and oxygen atoms in total. The number of rotatable bonds is 5. The molecule has 3 aromatic carbocycles. The highest BCUT2D eigenvalue weighted by atomic mass is 32.2. The van der Waals surface area contributed by atoms with E-state index >= 15 is 0 Å². The van der Waals surface area contributed by atoms with Gasteiger partial charge >= 0.3 is 0 Å². The monoisotopic (exact) mass is 504 g/mol. The second kappa shape index (κ2) is 9.37. The second-order valence-corrected chi connectivity index (χ2v) is 11.0. The molecule has 0 aliphatic carbocycles. The molecule has 0 saturated heterocycles. The lowest BCUT2D eigenvalue weighted by Gasteiger charge is -2.11. The zero-order valence-electron chi connectivity index (χ0n) is 20.1. The Morgan fingerprint density at radius 2 is 1.42 bits per heavy atom. The topological polar surface area (TPSA) is 43.6 Å². The molecule has 6 heteroatoms. The highest BCUT2D eigenvalue weighted by Crippen LogP contribution is 2.33. The number of thiophene rings is 1. The van der Waals surface area contributed by atoms with Crippen LogP contribution >= 0.6 is 23.1 Å². The van der Waals surface area contributed by atoms with Gasteiger partial charge in [-0.05, 0) is 23.6 Å². The van der Waals surface area contributed by atoms with Crippen LogP contribution in [0.3, 0.4) is 0 Å². The van der Waals surface area contributed by atoms with E-state index in [9.17, 15) is 0 Å². The summed E-state index contributed by atoms with van der Waals surface area (Å²) in [5, 5.41) is 2.37. The first kappa shape index (κ1) is 22.7. The predicted molar refractivity (Wildman–Crippen MR) is 155 cm³/mol. The Hall–Kier alpha value is -3.74. The number of hydrogen-bond donors (Lipinski definition) is 0. The summed E-state index contributed by atoms with van der Waals surface area (Å²) in [6, 6.07) is 28.7. The molecule has 0 spiro atoms. The van der Waals surface area contributed by atoms with Crippen molar-refractivity contribution in [1.82, 2.24) is 19.5 Å². The fourth-order valence-electron chi connectivity index (χ4n) is 4.60. The van der Waals surface area contributed by atoms with Crippen LogP contribution in [0.4, 0.5) is 0 Å². The van der Waals surface area contributed by atoms with Crippen LogP contribution in [0.2, 0.25) is 0 Å². The molecule has 36 heavy (non-hydrogen) atoms. The van der Waals surface area contributed by atoms with E-state index in [1.165, 1.54) is 20.2 Å². The van der Waals surface area contributed by atoms with Crippen molar-refractivity contribution in [2.75, 3.05) is 5.75 Å². The van der Waals surface area contributed by atoms with Gasteiger partial charge in [-0.1, -0.05) is 92.4 Å². The van der Waals surface area contributed by atoms with Crippen LogP contribution in [0, 0.1) is 0 Å². The molecule has 0 radical (unpaired) electrons. The summed E-state index contributed by atoms with van der Waals surface area (Å²) in [4.78, 5) is 16.2. The number of benzene rings is 3.